The maximum absolute atomic E-state index is 12.0. The fraction of sp³-hybridized carbons (Fsp3) is 0.500. The molecule has 0 N–H and O–H groups in total. The number of carbonyl (C=O) groups is 1. The number of hydrogen-bond donors (Lipinski definition) is 0. The highest BCUT2D eigenvalue weighted by atomic mass is 79.9. The molecule has 1 saturated heterocycles. The molecule has 0 bridgehead atoms. The molecule has 0 aliphatic carbocycles. The first kappa shape index (κ1) is 13.4. The summed E-state index contributed by atoms with van der Waals surface area (Å²) in [6.07, 6.45) is 2.69. The second-order valence-electron chi connectivity index (χ2n) is 4.46. The summed E-state index contributed by atoms with van der Waals surface area (Å²) in [5, 5.41) is 0.729. The number of benzene rings is 1. The maximum Gasteiger partial charge on any atom is 0.223 e. The van der Waals surface area contributed by atoms with E-state index in [1.807, 2.05) is 23.1 Å². The molecule has 1 heterocycles. The van der Waals surface area contributed by atoms with Crippen molar-refractivity contribution in [1.82, 2.24) is 4.90 Å². The van der Waals surface area contributed by atoms with E-state index in [0.717, 1.165) is 30.5 Å². The van der Waals surface area contributed by atoms with Crippen molar-refractivity contribution in [1.29, 1.82) is 0 Å². The monoisotopic (exact) mass is 311 g/mol. The summed E-state index contributed by atoms with van der Waals surface area (Å²) < 4.78 is 5.25. The van der Waals surface area contributed by atoms with Crippen LogP contribution >= 0.6 is 15.9 Å². The molecular formula is C14H18BrNO2. The molecule has 1 aromatic carbocycles. The Bertz CT molecular complexity index is 422. The van der Waals surface area contributed by atoms with Gasteiger partial charge in [0.05, 0.1) is 13.2 Å². The molecule has 1 atom stereocenters. The van der Waals surface area contributed by atoms with Gasteiger partial charge in [0, 0.05) is 18.3 Å². The molecule has 1 aliphatic rings. The van der Waals surface area contributed by atoms with Crippen molar-refractivity contribution in [2.45, 2.75) is 25.3 Å². The molecule has 1 aliphatic heterocycles. The van der Waals surface area contributed by atoms with Crippen LogP contribution in [0.25, 0.3) is 0 Å². The van der Waals surface area contributed by atoms with Gasteiger partial charge in [-0.05, 0) is 30.5 Å². The lowest BCUT2D eigenvalue weighted by atomic mass is 10.0. The Kier molecular flexibility index (Phi) is 4.64. The van der Waals surface area contributed by atoms with Gasteiger partial charge in [0.25, 0.3) is 0 Å². The van der Waals surface area contributed by atoms with Gasteiger partial charge >= 0.3 is 0 Å². The third-order valence-corrected chi connectivity index (χ3v) is 3.76. The molecule has 0 spiro atoms. The number of alkyl halides is 1. The van der Waals surface area contributed by atoms with Gasteiger partial charge in [-0.3, -0.25) is 4.79 Å². The number of halogens is 1. The first-order valence-corrected chi connectivity index (χ1v) is 7.38. The van der Waals surface area contributed by atoms with Crippen molar-refractivity contribution < 1.29 is 9.53 Å². The summed E-state index contributed by atoms with van der Waals surface area (Å²) in [5.41, 5.74) is 1.18. The first-order chi connectivity index (χ1) is 8.76. The Balaban J connectivity index is 2.17. The zero-order valence-corrected chi connectivity index (χ0v) is 12.1. The van der Waals surface area contributed by atoms with Gasteiger partial charge < -0.3 is 9.64 Å². The molecule has 0 aromatic heterocycles. The van der Waals surface area contributed by atoms with Gasteiger partial charge in [-0.2, -0.15) is 0 Å². The van der Waals surface area contributed by atoms with Crippen LogP contribution in [0.3, 0.4) is 0 Å². The number of hydrogen-bond acceptors (Lipinski definition) is 2. The van der Waals surface area contributed by atoms with Gasteiger partial charge in [0.15, 0.2) is 0 Å². The lowest BCUT2D eigenvalue weighted by Gasteiger charge is -2.25. The van der Waals surface area contributed by atoms with Crippen LogP contribution in [0.4, 0.5) is 0 Å². The first-order valence-electron chi connectivity index (χ1n) is 6.25. The fourth-order valence-electron chi connectivity index (χ4n) is 2.49. The summed E-state index contributed by atoms with van der Waals surface area (Å²) in [7, 11) is 1.67. The van der Waals surface area contributed by atoms with Crippen LogP contribution in [0.15, 0.2) is 24.3 Å². The number of carbonyl (C=O) groups excluding carboxylic acids is 1. The smallest absolute Gasteiger partial charge is 0.223 e. The maximum atomic E-state index is 12.0. The topological polar surface area (TPSA) is 29.5 Å². The van der Waals surface area contributed by atoms with E-state index in [0.29, 0.717) is 6.42 Å². The standard InChI is InChI=1S/C14H18BrNO2/c1-18-12-5-2-4-11(10-12)13-6-3-9-16(13)14(17)7-8-15/h2,4-5,10,13H,3,6-9H2,1H3. The Morgan fingerprint density at radius 2 is 2.39 bits per heavy atom. The number of likely N-dealkylation sites (tertiary alicyclic amines) is 1. The predicted octanol–water partition coefficient (Wildman–Crippen LogP) is 3.14. The zero-order chi connectivity index (χ0) is 13.0. The van der Waals surface area contributed by atoms with Gasteiger partial charge in [-0.1, -0.05) is 28.1 Å². The third-order valence-electron chi connectivity index (χ3n) is 3.36. The van der Waals surface area contributed by atoms with E-state index in [1.165, 1.54) is 5.56 Å². The van der Waals surface area contributed by atoms with Crippen LogP contribution in [0.2, 0.25) is 0 Å². The van der Waals surface area contributed by atoms with E-state index >= 15 is 0 Å². The molecule has 0 saturated carbocycles. The van der Waals surface area contributed by atoms with Crippen molar-refractivity contribution in [3.8, 4) is 5.75 Å². The van der Waals surface area contributed by atoms with Crippen molar-refractivity contribution in [3.05, 3.63) is 29.8 Å². The third kappa shape index (κ3) is 2.86. The van der Waals surface area contributed by atoms with E-state index < -0.39 is 0 Å². The number of ether oxygens (including phenoxy) is 1. The van der Waals surface area contributed by atoms with Crippen LogP contribution in [0.1, 0.15) is 30.9 Å². The number of nitrogens with zero attached hydrogens (tertiary/aromatic N) is 1. The van der Waals surface area contributed by atoms with E-state index in [-0.39, 0.29) is 11.9 Å². The molecule has 3 nitrogen and oxygen atoms in total. The van der Waals surface area contributed by atoms with Gasteiger partial charge in [-0.25, -0.2) is 0 Å². The SMILES string of the molecule is COc1cccc(C2CCCN2C(=O)CCBr)c1. The molecule has 1 aromatic rings. The second kappa shape index (κ2) is 6.23. The molecule has 98 valence electrons. The Morgan fingerprint density at radius 1 is 1.56 bits per heavy atom. The molecule has 18 heavy (non-hydrogen) atoms. The Labute approximate surface area is 116 Å². The lowest BCUT2D eigenvalue weighted by molar-refractivity contribution is -0.131. The van der Waals surface area contributed by atoms with E-state index in [1.54, 1.807) is 7.11 Å². The predicted molar refractivity (Wildman–Crippen MR) is 75.1 cm³/mol. The van der Waals surface area contributed by atoms with Gasteiger partial charge in [0.2, 0.25) is 5.91 Å². The highest BCUT2D eigenvalue weighted by Gasteiger charge is 2.29. The van der Waals surface area contributed by atoms with E-state index in [9.17, 15) is 4.79 Å². The fourth-order valence-corrected chi connectivity index (χ4v) is 2.82. The van der Waals surface area contributed by atoms with Crippen molar-refractivity contribution in [2.75, 3.05) is 19.0 Å². The molecule has 2 rings (SSSR count). The zero-order valence-electron chi connectivity index (χ0n) is 10.6. The summed E-state index contributed by atoms with van der Waals surface area (Å²) in [5.74, 6) is 1.09. The Morgan fingerprint density at radius 3 is 3.11 bits per heavy atom. The van der Waals surface area contributed by atoms with Crippen LogP contribution in [0.5, 0.6) is 5.75 Å². The van der Waals surface area contributed by atoms with Crippen molar-refractivity contribution in [3.63, 3.8) is 0 Å². The number of rotatable bonds is 4. The normalized spacial score (nSPS) is 19.0. The lowest BCUT2D eigenvalue weighted by Crippen LogP contribution is -2.30. The minimum Gasteiger partial charge on any atom is -0.497 e. The van der Waals surface area contributed by atoms with Crippen molar-refractivity contribution >= 4 is 21.8 Å². The number of methoxy groups -OCH3 is 1. The minimum atomic E-state index is 0.214. The quantitative estimate of drug-likeness (QED) is 0.799. The van der Waals surface area contributed by atoms with Crippen molar-refractivity contribution in [2.24, 2.45) is 0 Å². The van der Waals surface area contributed by atoms with Crippen LogP contribution < -0.4 is 4.74 Å². The van der Waals surface area contributed by atoms with Crippen LogP contribution in [-0.2, 0) is 4.79 Å². The minimum absolute atomic E-state index is 0.214. The molecule has 4 heteroatoms. The number of amides is 1. The second-order valence-corrected chi connectivity index (χ2v) is 5.25. The van der Waals surface area contributed by atoms with Gasteiger partial charge in [-0.15, -0.1) is 0 Å². The molecular weight excluding hydrogens is 294 g/mol. The van der Waals surface area contributed by atoms with E-state index in [4.69, 9.17) is 4.74 Å². The molecule has 1 fully saturated rings. The highest BCUT2D eigenvalue weighted by Crippen LogP contribution is 2.33. The highest BCUT2D eigenvalue weighted by molar-refractivity contribution is 9.09. The molecule has 1 unspecified atom stereocenters. The average molecular weight is 312 g/mol. The summed E-state index contributed by atoms with van der Waals surface area (Å²) in [6, 6.07) is 8.24. The van der Waals surface area contributed by atoms with Gasteiger partial charge in [0.1, 0.15) is 5.75 Å². The van der Waals surface area contributed by atoms with Crippen LogP contribution in [-0.4, -0.2) is 29.8 Å². The summed E-state index contributed by atoms with van der Waals surface area (Å²) >= 11 is 3.33. The molecule has 1 amide bonds. The van der Waals surface area contributed by atoms with Crippen LogP contribution in [0, 0.1) is 0 Å². The Hall–Kier alpha value is -1.03. The summed E-state index contributed by atoms with van der Waals surface area (Å²) in [4.78, 5) is 14.0. The average Bonchev–Trinajstić information content (AvgIpc) is 2.88. The molecule has 0 radical (unpaired) electrons. The summed E-state index contributed by atoms with van der Waals surface area (Å²) in [6.45, 7) is 0.869. The largest absolute Gasteiger partial charge is 0.497 e. The van der Waals surface area contributed by atoms with E-state index in [2.05, 4.69) is 22.0 Å².